The number of H-pyrrole nitrogens is 1. The fourth-order valence-corrected chi connectivity index (χ4v) is 2.21. The van der Waals surface area contributed by atoms with Gasteiger partial charge in [0, 0.05) is 16.7 Å². The summed E-state index contributed by atoms with van der Waals surface area (Å²) in [6.07, 6.45) is -3.76. The molecule has 2 rings (SSSR count). The Balaban J connectivity index is 2.32. The first-order valence-electron chi connectivity index (χ1n) is 7.68. The van der Waals surface area contributed by atoms with Crippen molar-refractivity contribution in [3.8, 4) is 5.69 Å². The number of alkyl halides is 3. The van der Waals surface area contributed by atoms with Gasteiger partial charge in [0.05, 0.1) is 18.5 Å². The predicted molar refractivity (Wildman–Crippen MR) is 92.9 cm³/mol. The molecule has 1 aromatic carbocycles. The number of carbonyl (C=O) groups is 1. The average molecular weight is 420 g/mol. The third-order valence-corrected chi connectivity index (χ3v) is 3.57. The first kappa shape index (κ1) is 21.2. The van der Waals surface area contributed by atoms with Gasteiger partial charge in [0.1, 0.15) is 5.69 Å². The standard InChI is InChI=1S/C16H13ClF3N3O5/c1-2-27-14(25)8-28-21-7-9-5-10(3-4-11(9)17)23-13(24)6-12(16(18,19)20)22-15(23)26/h3-7H,2,8H2,1H3,(H,22,26)/b21-7+. The van der Waals surface area contributed by atoms with Crippen LogP contribution in [0.1, 0.15) is 18.2 Å². The van der Waals surface area contributed by atoms with Crippen LogP contribution in [0.2, 0.25) is 5.02 Å². The highest BCUT2D eigenvalue weighted by atomic mass is 35.5. The lowest BCUT2D eigenvalue weighted by Crippen LogP contribution is -2.35. The minimum absolute atomic E-state index is 0.0452. The third kappa shape index (κ3) is 5.22. The molecule has 8 nitrogen and oxygen atoms in total. The second-order valence-corrected chi connectivity index (χ2v) is 5.59. The highest BCUT2D eigenvalue weighted by Gasteiger charge is 2.33. The Morgan fingerprint density at radius 2 is 2.04 bits per heavy atom. The molecule has 0 unspecified atom stereocenters. The number of aromatic nitrogens is 2. The van der Waals surface area contributed by atoms with Crippen LogP contribution in [0.4, 0.5) is 13.2 Å². The van der Waals surface area contributed by atoms with Crippen molar-refractivity contribution in [2.45, 2.75) is 13.1 Å². The van der Waals surface area contributed by atoms with Crippen molar-refractivity contribution in [3.63, 3.8) is 0 Å². The Labute approximate surface area is 160 Å². The van der Waals surface area contributed by atoms with Gasteiger partial charge in [-0.2, -0.15) is 13.2 Å². The molecule has 0 saturated heterocycles. The summed E-state index contributed by atoms with van der Waals surface area (Å²) in [5.74, 6) is -0.637. The molecule has 28 heavy (non-hydrogen) atoms. The number of hydrogen-bond donors (Lipinski definition) is 1. The highest BCUT2D eigenvalue weighted by Crippen LogP contribution is 2.25. The fourth-order valence-electron chi connectivity index (χ4n) is 2.05. The van der Waals surface area contributed by atoms with E-state index in [1.165, 1.54) is 18.2 Å². The number of esters is 1. The summed E-state index contributed by atoms with van der Waals surface area (Å²) in [5.41, 5.74) is -3.77. The van der Waals surface area contributed by atoms with Crippen LogP contribution >= 0.6 is 11.6 Å². The van der Waals surface area contributed by atoms with Crippen LogP contribution in [0.25, 0.3) is 5.69 Å². The molecule has 1 aromatic heterocycles. The molecule has 150 valence electrons. The Bertz CT molecular complexity index is 983. The normalized spacial score (nSPS) is 11.6. The lowest BCUT2D eigenvalue weighted by molar-refractivity contribution is -0.148. The minimum atomic E-state index is -4.87. The molecule has 0 fully saturated rings. The van der Waals surface area contributed by atoms with E-state index < -0.39 is 35.7 Å². The van der Waals surface area contributed by atoms with Gasteiger partial charge >= 0.3 is 17.8 Å². The summed E-state index contributed by atoms with van der Waals surface area (Å²) in [6, 6.07) is 4.09. The number of halogens is 4. The second-order valence-electron chi connectivity index (χ2n) is 5.18. The van der Waals surface area contributed by atoms with Gasteiger partial charge in [0.25, 0.3) is 5.56 Å². The smallest absolute Gasteiger partial charge is 0.431 e. The quantitative estimate of drug-likeness (QED) is 0.439. The summed E-state index contributed by atoms with van der Waals surface area (Å²) < 4.78 is 43.2. The number of rotatable bonds is 6. The van der Waals surface area contributed by atoms with E-state index in [0.717, 1.165) is 6.21 Å². The predicted octanol–water partition coefficient (Wildman–Crippen LogP) is 2.11. The summed E-state index contributed by atoms with van der Waals surface area (Å²) in [7, 11) is 0. The number of nitrogens with one attached hydrogen (secondary N) is 1. The van der Waals surface area contributed by atoms with E-state index in [9.17, 15) is 27.6 Å². The van der Waals surface area contributed by atoms with Crippen LogP contribution in [0.15, 0.2) is 39.0 Å². The van der Waals surface area contributed by atoms with Crippen molar-refractivity contribution in [2.24, 2.45) is 5.16 Å². The molecular formula is C16H13ClF3N3O5. The number of ether oxygens (including phenoxy) is 1. The van der Waals surface area contributed by atoms with Gasteiger partial charge in [-0.3, -0.25) is 4.79 Å². The van der Waals surface area contributed by atoms with E-state index in [-0.39, 0.29) is 28.9 Å². The summed E-state index contributed by atoms with van der Waals surface area (Å²) >= 11 is 5.98. The van der Waals surface area contributed by atoms with E-state index in [1.807, 2.05) is 0 Å². The van der Waals surface area contributed by atoms with Crippen LogP contribution in [0.5, 0.6) is 0 Å². The molecule has 12 heteroatoms. The van der Waals surface area contributed by atoms with E-state index in [2.05, 4.69) is 9.89 Å². The topological polar surface area (TPSA) is 103 Å². The van der Waals surface area contributed by atoms with Gasteiger partial charge in [0.15, 0.2) is 0 Å². The van der Waals surface area contributed by atoms with Crippen molar-refractivity contribution in [1.82, 2.24) is 9.55 Å². The number of aromatic amines is 1. The average Bonchev–Trinajstić information content (AvgIpc) is 2.59. The number of hydrogen-bond acceptors (Lipinski definition) is 6. The molecule has 0 bridgehead atoms. The Morgan fingerprint density at radius 1 is 1.32 bits per heavy atom. The molecule has 1 N–H and O–H groups in total. The van der Waals surface area contributed by atoms with Gasteiger partial charge in [-0.1, -0.05) is 16.8 Å². The zero-order chi connectivity index (χ0) is 20.9. The van der Waals surface area contributed by atoms with Crippen LogP contribution in [0.3, 0.4) is 0 Å². The zero-order valence-electron chi connectivity index (χ0n) is 14.2. The molecule has 0 aliphatic heterocycles. The first-order chi connectivity index (χ1) is 13.1. The molecule has 0 atom stereocenters. The SMILES string of the molecule is CCOC(=O)CO/N=C/c1cc(-n2c(=O)cc(C(F)(F)F)[nH]c2=O)ccc1Cl. The van der Waals surface area contributed by atoms with E-state index in [1.54, 1.807) is 11.9 Å². The molecule has 0 aliphatic rings. The van der Waals surface area contributed by atoms with Gasteiger partial charge in [-0.15, -0.1) is 0 Å². The van der Waals surface area contributed by atoms with E-state index in [0.29, 0.717) is 4.57 Å². The molecule has 0 radical (unpaired) electrons. The number of oxime groups is 1. The maximum atomic E-state index is 12.7. The largest absolute Gasteiger partial charge is 0.463 e. The first-order valence-corrected chi connectivity index (χ1v) is 8.05. The minimum Gasteiger partial charge on any atom is -0.463 e. The molecule has 1 heterocycles. The number of carbonyl (C=O) groups excluding carboxylic acids is 1. The monoisotopic (exact) mass is 419 g/mol. The Morgan fingerprint density at radius 3 is 2.64 bits per heavy atom. The third-order valence-electron chi connectivity index (χ3n) is 3.23. The molecule has 0 spiro atoms. The highest BCUT2D eigenvalue weighted by molar-refractivity contribution is 6.33. The number of nitrogens with zero attached hydrogens (tertiary/aromatic N) is 2. The van der Waals surface area contributed by atoms with Crippen molar-refractivity contribution in [3.05, 3.63) is 61.4 Å². The van der Waals surface area contributed by atoms with E-state index >= 15 is 0 Å². The Hall–Kier alpha value is -3.08. The summed E-state index contributed by atoms with van der Waals surface area (Å²) in [5, 5.41) is 3.67. The van der Waals surface area contributed by atoms with Gasteiger partial charge in [-0.05, 0) is 25.1 Å². The van der Waals surface area contributed by atoms with Gasteiger partial charge in [0.2, 0.25) is 6.61 Å². The maximum absolute atomic E-state index is 12.7. The second kappa shape index (κ2) is 8.74. The summed E-state index contributed by atoms with van der Waals surface area (Å²) in [4.78, 5) is 41.4. The van der Waals surface area contributed by atoms with E-state index in [4.69, 9.17) is 16.4 Å². The van der Waals surface area contributed by atoms with Crippen molar-refractivity contribution in [1.29, 1.82) is 0 Å². The fraction of sp³-hybridized carbons (Fsp3) is 0.250. The molecule has 0 saturated carbocycles. The van der Waals surface area contributed by atoms with Crippen LogP contribution < -0.4 is 11.2 Å². The molecule has 0 amide bonds. The molecule has 2 aromatic rings. The van der Waals surface area contributed by atoms with Gasteiger partial charge in [-0.25, -0.2) is 14.2 Å². The van der Waals surface area contributed by atoms with Crippen LogP contribution in [-0.4, -0.2) is 34.9 Å². The van der Waals surface area contributed by atoms with Crippen molar-refractivity contribution >= 4 is 23.8 Å². The number of benzene rings is 1. The van der Waals surface area contributed by atoms with Gasteiger partial charge < -0.3 is 14.6 Å². The molecular weight excluding hydrogens is 407 g/mol. The van der Waals surface area contributed by atoms with Crippen LogP contribution in [-0.2, 0) is 20.5 Å². The Kier molecular flexibility index (Phi) is 6.62. The lowest BCUT2D eigenvalue weighted by Gasteiger charge is -2.09. The van der Waals surface area contributed by atoms with Crippen LogP contribution in [0, 0.1) is 0 Å². The maximum Gasteiger partial charge on any atom is 0.431 e. The summed E-state index contributed by atoms with van der Waals surface area (Å²) in [6.45, 7) is 1.35. The zero-order valence-corrected chi connectivity index (χ0v) is 15.0. The van der Waals surface area contributed by atoms with Crippen molar-refractivity contribution in [2.75, 3.05) is 13.2 Å². The van der Waals surface area contributed by atoms with Crippen molar-refractivity contribution < 1.29 is 27.5 Å². The molecule has 0 aliphatic carbocycles. The lowest BCUT2D eigenvalue weighted by atomic mass is 10.2.